The summed E-state index contributed by atoms with van der Waals surface area (Å²) in [6.45, 7) is 6.61. The van der Waals surface area contributed by atoms with Crippen LogP contribution in [0.1, 0.15) is 40.2 Å². The van der Waals surface area contributed by atoms with E-state index in [0.29, 0.717) is 18.7 Å². The van der Waals surface area contributed by atoms with E-state index in [9.17, 15) is 14.0 Å². The quantitative estimate of drug-likeness (QED) is 0.480. The van der Waals surface area contributed by atoms with Crippen molar-refractivity contribution in [2.24, 2.45) is 0 Å². The summed E-state index contributed by atoms with van der Waals surface area (Å²) >= 11 is 1.60. The predicted octanol–water partition coefficient (Wildman–Crippen LogP) is 5.28. The number of halogens is 1. The maximum atomic E-state index is 13.4. The van der Waals surface area contributed by atoms with Gasteiger partial charge < -0.3 is 9.80 Å². The second-order valence-corrected chi connectivity index (χ2v) is 8.80. The van der Waals surface area contributed by atoms with Crippen LogP contribution in [0.3, 0.4) is 0 Å². The Kier molecular flexibility index (Phi) is 7.58. The van der Waals surface area contributed by atoms with Gasteiger partial charge in [0.2, 0.25) is 5.91 Å². The van der Waals surface area contributed by atoms with Crippen molar-refractivity contribution in [2.45, 2.75) is 39.9 Å². The molecule has 1 heterocycles. The van der Waals surface area contributed by atoms with E-state index in [0.717, 1.165) is 16.0 Å². The Morgan fingerprint density at radius 1 is 0.968 bits per heavy atom. The fourth-order valence-corrected chi connectivity index (χ4v) is 4.18. The van der Waals surface area contributed by atoms with Gasteiger partial charge in [-0.1, -0.05) is 30.3 Å². The van der Waals surface area contributed by atoms with Gasteiger partial charge in [-0.2, -0.15) is 0 Å². The van der Waals surface area contributed by atoms with E-state index in [1.54, 1.807) is 45.4 Å². The minimum Gasteiger partial charge on any atom is -0.332 e. The Morgan fingerprint density at radius 3 is 2.23 bits per heavy atom. The molecular weight excluding hydrogens is 411 g/mol. The maximum absolute atomic E-state index is 13.4. The summed E-state index contributed by atoms with van der Waals surface area (Å²) in [7, 11) is 0. The molecule has 0 bridgehead atoms. The number of aryl methyl sites for hydroxylation is 1. The van der Waals surface area contributed by atoms with Crippen LogP contribution in [0.15, 0.2) is 66.0 Å². The number of carbonyl (C=O) groups excluding carboxylic acids is 2. The topological polar surface area (TPSA) is 40.6 Å². The molecule has 162 valence electrons. The van der Waals surface area contributed by atoms with E-state index in [1.165, 1.54) is 12.1 Å². The number of carbonyl (C=O) groups is 2. The van der Waals surface area contributed by atoms with Crippen molar-refractivity contribution in [2.75, 3.05) is 6.54 Å². The standard InChI is InChI=1S/C25H27FN2O2S/c1-18(2)28(25(30)21-7-5-4-6-8-21)17-24(29)27(16-23-19(3)13-14-31-23)15-20-9-11-22(26)12-10-20/h4-14,18H,15-17H2,1-3H3. The number of thiophene rings is 1. The third kappa shape index (κ3) is 6.01. The van der Waals surface area contributed by atoms with E-state index in [1.807, 2.05) is 50.4 Å². The summed E-state index contributed by atoms with van der Waals surface area (Å²) in [5.74, 6) is -0.622. The van der Waals surface area contributed by atoms with Gasteiger partial charge in [0.1, 0.15) is 12.4 Å². The summed E-state index contributed by atoms with van der Waals surface area (Å²) in [6, 6.07) is 17.1. The predicted molar refractivity (Wildman–Crippen MR) is 122 cm³/mol. The lowest BCUT2D eigenvalue weighted by atomic mass is 10.1. The van der Waals surface area contributed by atoms with E-state index in [2.05, 4.69) is 0 Å². The van der Waals surface area contributed by atoms with Crippen LogP contribution in [0.25, 0.3) is 0 Å². The molecule has 0 aliphatic carbocycles. The lowest BCUT2D eigenvalue weighted by Gasteiger charge is -2.30. The molecule has 4 nitrogen and oxygen atoms in total. The van der Waals surface area contributed by atoms with Crippen LogP contribution in [0, 0.1) is 12.7 Å². The van der Waals surface area contributed by atoms with Crippen molar-refractivity contribution < 1.29 is 14.0 Å². The second kappa shape index (κ2) is 10.4. The van der Waals surface area contributed by atoms with Crippen LogP contribution in [0.2, 0.25) is 0 Å². The molecule has 0 fully saturated rings. The normalized spacial score (nSPS) is 10.9. The molecular formula is C25H27FN2O2S. The minimum absolute atomic E-state index is 0.0169. The highest BCUT2D eigenvalue weighted by Gasteiger charge is 2.25. The smallest absolute Gasteiger partial charge is 0.254 e. The van der Waals surface area contributed by atoms with E-state index in [-0.39, 0.29) is 30.2 Å². The number of benzene rings is 2. The fraction of sp³-hybridized carbons (Fsp3) is 0.280. The molecule has 0 aliphatic rings. The number of rotatable bonds is 8. The highest BCUT2D eigenvalue weighted by atomic mass is 32.1. The van der Waals surface area contributed by atoms with Gasteiger partial charge in [-0.25, -0.2) is 4.39 Å². The number of hydrogen-bond acceptors (Lipinski definition) is 3. The molecule has 3 aromatic rings. The Bertz CT molecular complexity index is 1020. The van der Waals surface area contributed by atoms with Gasteiger partial charge in [0.05, 0.1) is 6.54 Å². The first-order valence-electron chi connectivity index (χ1n) is 10.3. The van der Waals surface area contributed by atoms with Crippen LogP contribution >= 0.6 is 11.3 Å². The molecule has 3 rings (SSSR count). The summed E-state index contributed by atoms with van der Waals surface area (Å²) in [6.07, 6.45) is 0. The van der Waals surface area contributed by atoms with Crippen LogP contribution in [-0.2, 0) is 17.9 Å². The molecule has 6 heteroatoms. The van der Waals surface area contributed by atoms with E-state index >= 15 is 0 Å². The van der Waals surface area contributed by atoms with Gasteiger partial charge in [0, 0.05) is 23.0 Å². The second-order valence-electron chi connectivity index (χ2n) is 7.80. The zero-order valence-electron chi connectivity index (χ0n) is 18.0. The highest BCUT2D eigenvalue weighted by Crippen LogP contribution is 2.20. The Hall–Kier alpha value is -2.99. The lowest BCUT2D eigenvalue weighted by molar-refractivity contribution is -0.133. The highest BCUT2D eigenvalue weighted by molar-refractivity contribution is 7.10. The van der Waals surface area contributed by atoms with Crippen LogP contribution in [0.5, 0.6) is 0 Å². The first-order chi connectivity index (χ1) is 14.8. The average Bonchev–Trinajstić information content (AvgIpc) is 3.17. The summed E-state index contributed by atoms with van der Waals surface area (Å²) in [5, 5.41) is 2.00. The third-order valence-electron chi connectivity index (χ3n) is 5.15. The Balaban J connectivity index is 1.82. The molecule has 0 N–H and O–H groups in total. The van der Waals surface area contributed by atoms with Crippen molar-refractivity contribution in [1.29, 1.82) is 0 Å². The molecule has 1 aromatic heterocycles. The maximum Gasteiger partial charge on any atom is 0.254 e. The Morgan fingerprint density at radius 2 is 1.65 bits per heavy atom. The number of nitrogens with zero attached hydrogens (tertiary/aromatic N) is 2. The van der Waals surface area contributed by atoms with Crippen molar-refractivity contribution in [3.8, 4) is 0 Å². The molecule has 0 spiro atoms. The minimum atomic E-state index is -0.310. The Labute approximate surface area is 186 Å². The molecule has 0 unspecified atom stereocenters. The molecule has 31 heavy (non-hydrogen) atoms. The SMILES string of the molecule is Cc1ccsc1CN(Cc1ccc(F)cc1)C(=O)CN(C(=O)c1ccccc1)C(C)C. The van der Waals surface area contributed by atoms with Gasteiger partial charge in [0.15, 0.2) is 0 Å². The van der Waals surface area contributed by atoms with E-state index < -0.39 is 0 Å². The van der Waals surface area contributed by atoms with Crippen molar-refractivity contribution >= 4 is 23.2 Å². The van der Waals surface area contributed by atoms with Gasteiger partial charge >= 0.3 is 0 Å². The summed E-state index contributed by atoms with van der Waals surface area (Å²) < 4.78 is 13.3. The lowest BCUT2D eigenvalue weighted by Crippen LogP contribution is -2.45. The monoisotopic (exact) mass is 438 g/mol. The zero-order chi connectivity index (χ0) is 22.4. The van der Waals surface area contributed by atoms with Crippen LogP contribution in [0.4, 0.5) is 4.39 Å². The summed E-state index contributed by atoms with van der Waals surface area (Å²) in [4.78, 5) is 30.8. The molecule has 2 amide bonds. The molecule has 0 aliphatic heterocycles. The van der Waals surface area contributed by atoms with Gasteiger partial charge in [-0.05, 0) is 67.6 Å². The number of amides is 2. The number of hydrogen-bond donors (Lipinski definition) is 0. The molecule has 2 aromatic carbocycles. The van der Waals surface area contributed by atoms with Crippen LogP contribution in [-0.4, -0.2) is 34.2 Å². The molecule has 0 saturated heterocycles. The van der Waals surface area contributed by atoms with Crippen LogP contribution < -0.4 is 0 Å². The largest absolute Gasteiger partial charge is 0.332 e. The van der Waals surface area contributed by atoms with E-state index in [4.69, 9.17) is 0 Å². The third-order valence-corrected chi connectivity index (χ3v) is 6.16. The van der Waals surface area contributed by atoms with Gasteiger partial charge in [-0.15, -0.1) is 11.3 Å². The van der Waals surface area contributed by atoms with Gasteiger partial charge in [-0.3, -0.25) is 9.59 Å². The fourth-order valence-electron chi connectivity index (χ4n) is 3.26. The van der Waals surface area contributed by atoms with Crippen molar-refractivity contribution in [1.82, 2.24) is 9.80 Å². The molecule has 0 saturated carbocycles. The van der Waals surface area contributed by atoms with Crippen molar-refractivity contribution in [3.63, 3.8) is 0 Å². The average molecular weight is 439 g/mol. The first-order valence-corrected chi connectivity index (χ1v) is 11.1. The summed E-state index contributed by atoms with van der Waals surface area (Å²) in [5.41, 5.74) is 2.53. The molecule has 0 atom stereocenters. The first kappa shape index (κ1) is 22.7. The molecule has 0 radical (unpaired) electrons. The van der Waals surface area contributed by atoms with Gasteiger partial charge in [0.25, 0.3) is 5.91 Å². The van der Waals surface area contributed by atoms with Crippen molar-refractivity contribution in [3.05, 3.63) is 93.4 Å². The zero-order valence-corrected chi connectivity index (χ0v) is 18.9.